The first kappa shape index (κ1) is 54.7. The van der Waals surface area contributed by atoms with Crippen LogP contribution in [-0.2, 0) is 32.5 Å². The maximum Gasteiger partial charge on any atom is 0.150 e. The fourth-order valence-corrected chi connectivity index (χ4v) is 13.5. The van der Waals surface area contributed by atoms with Crippen molar-refractivity contribution in [3.05, 3.63) is 164 Å². The lowest BCUT2D eigenvalue weighted by molar-refractivity contribution is 0.112. The van der Waals surface area contributed by atoms with E-state index in [2.05, 4.69) is 237 Å². The average Bonchev–Trinajstić information content (AvgIpc) is 4.16. The van der Waals surface area contributed by atoms with E-state index < -0.39 is 0 Å². The van der Waals surface area contributed by atoms with E-state index in [0.29, 0.717) is 0 Å². The number of carbonyl (C=O) groups excluding carboxylic acids is 1. The van der Waals surface area contributed by atoms with Crippen LogP contribution in [0.2, 0.25) is 0 Å². The van der Waals surface area contributed by atoms with Crippen molar-refractivity contribution in [3.63, 3.8) is 0 Å². The van der Waals surface area contributed by atoms with Crippen LogP contribution in [0.15, 0.2) is 103 Å². The van der Waals surface area contributed by atoms with Crippen LogP contribution in [0.1, 0.15) is 240 Å². The van der Waals surface area contributed by atoms with Crippen LogP contribution < -0.4 is 21.3 Å². The Morgan fingerprint density at radius 3 is 0.770 bits per heavy atom. The molecule has 5 nitrogen and oxygen atoms in total. The molecule has 0 spiro atoms. The molecule has 0 radical (unpaired) electrons. The number of carbonyl (C=O) groups is 1. The molecule has 5 heteroatoms. The second-order valence-corrected chi connectivity index (χ2v) is 30.0. The first-order valence-electron chi connectivity index (χ1n) is 28.8. The van der Waals surface area contributed by atoms with Crippen LogP contribution in [0.3, 0.4) is 0 Å². The molecule has 4 aromatic carbocycles. The van der Waals surface area contributed by atoms with E-state index in [4.69, 9.17) is 0 Å². The number of nitrogens with one attached hydrogen (secondary N) is 4. The summed E-state index contributed by atoms with van der Waals surface area (Å²) in [7, 11) is 0. The zero-order valence-electron chi connectivity index (χ0n) is 49.1. The molecule has 3 saturated heterocycles. The Morgan fingerprint density at radius 2 is 0.554 bits per heavy atom. The summed E-state index contributed by atoms with van der Waals surface area (Å²) in [5, 5.41) is 17.9. The Morgan fingerprint density at radius 1 is 0.324 bits per heavy atom. The second-order valence-electron chi connectivity index (χ2n) is 30.0. The van der Waals surface area contributed by atoms with E-state index in [9.17, 15) is 4.79 Å². The van der Waals surface area contributed by atoms with E-state index in [1.54, 1.807) is 0 Å². The summed E-state index contributed by atoms with van der Waals surface area (Å²) in [6, 6.07) is 32.9. The van der Waals surface area contributed by atoms with Crippen LogP contribution in [0.5, 0.6) is 0 Å². The summed E-state index contributed by atoms with van der Waals surface area (Å²) in [5.41, 5.74) is 14.8. The van der Waals surface area contributed by atoms with Crippen LogP contribution in [0.25, 0.3) is 0 Å². The lowest BCUT2D eigenvalue weighted by Crippen LogP contribution is -2.52. The topological polar surface area (TPSA) is 65.2 Å². The highest BCUT2D eigenvalue weighted by atomic mass is 16.1. The summed E-state index contributed by atoms with van der Waals surface area (Å²) in [5.74, 6) is 0.763. The fourth-order valence-electron chi connectivity index (χ4n) is 13.5. The highest BCUT2D eigenvalue weighted by Crippen LogP contribution is 2.47. The summed E-state index contributed by atoms with van der Waals surface area (Å²) >= 11 is 0. The predicted molar refractivity (Wildman–Crippen MR) is 314 cm³/mol. The molecule has 5 heterocycles. The van der Waals surface area contributed by atoms with Crippen LogP contribution in [0, 0.1) is 0 Å². The van der Waals surface area contributed by atoms with Gasteiger partial charge in [-0.05, 0) is 114 Å². The summed E-state index contributed by atoms with van der Waals surface area (Å²) < 4.78 is 0. The Hall–Kier alpha value is -4.13. The summed E-state index contributed by atoms with van der Waals surface area (Å²) in [4.78, 5) is 12.1. The highest BCUT2D eigenvalue weighted by molar-refractivity contribution is 5.74. The highest BCUT2D eigenvalue weighted by Gasteiger charge is 2.48. The zero-order valence-corrected chi connectivity index (χ0v) is 49.1. The molecule has 12 atom stereocenters. The molecule has 5 aliphatic rings. The van der Waals surface area contributed by atoms with E-state index >= 15 is 0 Å². The monoisotopic (exact) mass is 997 g/mol. The predicted octanol–water partition coefficient (Wildman–Crippen LogP) is 14.8. The number of fused-ring (bicyclic) bond motifs is 8. The molecule has 0 aliphatic carbocycles. The number of aldehydes is 1. The van der Waals surface area contributed by atoms with Crippen molar-refractivity contribution in [2.75, 3.05) is 0 Å². The molecular formula is C69H96N4O. The maximum absolute atomic E-state index is 12.1. The van der Waals surface area contributed by atoms with Crippen LogP contribution in [0.4, 0.5) is 0 Å². The molecule has 5 aliphatic heterocycles. The Balaban J connectivity index is 1.25. The van der Waals surface area contributed by atoms with Crippen molar-refractivity contribution in [2.45, 2.75) is 255 Å². The van der Waals surface area contributed by atoms with Crippen molar-refractivity contribution in [1.82, 2.24) is 21.3 Å². The fraction of sp³-hybridized carbons (Fsp3) is 0.580. The minimum Gasteiger partial charge on any atom is -0.310 e. The largest absolute Gasteiger partial charge is 0.310 e. The summed E-state index contributed by atoms with van der Waals surface area (Å²) in [6.07, 6.45) is 15.6. The SMILES string of the molecule is CC(C)(C)c1cc(C2C3C=CC(N3)C(c3cc(C(C)(C)C)cc(C(C)(C)C)c3)C3CCC(N3)C(c3cc(C(C)(C)C)cc(C(C)(C)C)c3)C3C=CC(N3)C(c3ccc(C=O)cc3)C3CCC2N3)cc(C(C)(C)C)c1. The van der Waals surface area contributed by atoms with E-state index in [1.807, 2.05) is 12.1 Å². The van der Waals surface area contributed by atoms with Gasteiger partial charge in [0.1, 0.15) is 6.29 Å². The molecule has 3 fully saturated rings. The van der Waals surface area contributed by atoms with Gasteiger partial charge in [0.05, 0.1) is 0 Å². The molecule has 12 unspecified atom stereocenters. The van der Waals surface area contributed by atoms with E-state index in [0.717, 1.165) is 37.5 Å². The van der Waals surface area contributed by atoms with Gasteiger partial charge in [0.2, 0.25) is 0 Å². The minimum absolute atomic E-state index is 0.000614. The van der Waals surface area contributed by atoms with Gasteiger partial charge in [-0.3, -0.25) is 4.79 Å². The second kappa shape index (κ2) is 19.7. The molecule has 4 N–H and O–H groups in total. The van der Waals surface area contributed by atoms with Crippen molar-refractivity contribution in [2.24, 2.45) is 0 Å². The third-order valence-electron chi connectivity index (χ3n) is 18.2. The zero-order chi connectivity index (χ0) is 53.7. The Kier molecular flexibility index (Phi) is 14.6. The smallest absolute Gasteiger partial charge is 0.150 e. The van der Waals surface area contributed by atoms with Crippen LogP contribution in [-0.4, -0.2) is 54.6 Å². The Labute approximate surface area is 449 Å². The van der Waals surface area contributed by atoms with Gasteiger partial charge < -0.3 is 21.3 Å². The molecule has 74 heavy (non-hydrogen) atoms. The first-order valence-corrected chi connectivity index (χ1v) is 28.8. The Bertz CT molecular complexity index is 2560. The number of rotatable bonds is 5. The van der Waals surface area contributed by atoms with Crippen molar-refractivity contribution in [1.29, 1.82) is 0 Å². The molecule has 0 aromatic heterocycles. The molecule has 0 saturated carbocycles. The standard InChI is InChI=1S/C69H96N4O/c1-64(2,3)46-31-43(32-47(37-46)65(4,5)6)61-54-25-23-52(70-54)60(42-21-19-41(40-74)20-22-42)53-24-26-55(71-53)62(44-33-48(66(7,8)9)38-49(34-44)67(10,11)12)57-28-30-59(73-57)63(58-29-27-56(61)72-58)45-35-50(68(13,14)15)39-51(36-45)69(16,17)18/h19-23,25,28,30-40,52-63,70-73H,24,26-27,29H2,1-18H3. The van der Waals surface area contributed by atoms with Gasteiger partial charge >= 0.3 is 0 Å². The summed E-state index contributed by atoms with van der Waals surface area (Å²) in [6.45, 7) is 42.8. The number of benzene rings is 4. The van der Waals surface area contributed by atoms with Gasteiger partial charge in [-0.15, -0.1) is 0 Å². The quantitative estimate of drug-likeness (QED) is 0.119. The molecular weight excluding hydrogens is 901 g/mol. The molecule has 9 rings (SSSR count). The van der Waals surface area contributed by atoms with Crippen LogP contribution >= 0.6 is 0 Å². The first-order chi connectivity index (χ1) is 34.4. The molecule has 398 valence electrons. The number of hydrogen-bond donors (Lipinski definition) is 4. The lowest BCUT2D eigenvalue weighted by Gasteiger charge is -2.39. The lowest BCUT2D eigenvalue weighted by atomic mass is 9.75. The van der Waals surface area contributed by atoms with Gasteiger partial charge in [0.25, 0.3) is 0 Å². The molecule has 4 aromatic rings. The average molecular weight is 998 g/mol. The van der Waals surface area contributed by atoms with Crippen molar-refractivity contribution in [3.8, 4) is 0 Å². The third-order valence-corrected chi connectivity index (χ3v) is 18.2. The third kappa shape index (κ3) is 11.3. The molecule has 8 bridgehead atoms. The van der Waals surface area contributed by atoms with Gasteiger partial charge in [-0.25, -0.2) is 0 Å². The van der Waals surface area contributed by atoms with E-state index in [1.165, 1.54) is 55.6 Å². The number of hydrogen-bond acceptors (Lipinski definition) is 5. The van der Waals surface area contributed by atoms with Crippen molar-refractivity contribution < 1.29 is 4.79 Å². The van der Waals surface area contributed by atoms with Gasteiger partial charge in [-0.2, -0.15) is 0 Å². The molecule has 0 amide bonds. The van der Waals surface area contributed by atoms with Gasteiger partial charge in [0.15, 0.2) is 0 Å². The minimum atomic E-state index is -0.00389. The van der Waals surface area contributed by atoms with Gasteiger partial charge in [0, 0.05) is 77.6 Å². The van der Waals surface area contributed by atoms with Gasteiger partial charge in [-0.1, -0.05) is 228 Å². The van der Waals surface area contributed by atoms with Crippen molar-refractivity contribution >= 4 is 6.29 Å². The normalized spacial score (nSPS) is 29.8. The van der Waals surface area contributed by atoms with E-state index in [-0.39, 0.29) is 104 Å². The maximum atomic E-state index is 12.1.